The lowest BCUT2D eigenvalue weighted by atomic mass is 9.84. The van der Waals surface area contributed by atoms with E-state index in [4.69, 9.17) is 23.2 Å². The molecule has 0 bridgehead atoms. The molecular formula is C21H20Cl2FNO2. The van der Waals surface area contributed by atoms with E-state index in [9.17, 15) is 14.6 Å². The molecule has 1 unspecified atom stereocenters. The standard InChI is InChI=1S/C21H20Cl2FNO2/c22-18-8-5-16(14-19(18)23)21(27)9-12-25(13-10-21)11-1-2-20(26)15-3-6-17(24)7-4-15/h3-8,14,20,26-27H,9-13H2. The molecule has 2 N–H and O–H groups in total. The molecule has 27 heavy (non-hydrogen) atoms. The maximum Gasteiger partial charge on any atom is 0.140 e. The van der Waals surface area contributed by atoms with Crippen LogP contribution in [0.2, 0.25) is 10.0 Å². The summed E-state index contributed by atoms with van der Waals surface area (Å²) in [4.78, 5) is 2.12. The molecule has 3 rings (SSSR count). The zero-order chi connectivity index (χ0) is 19.4. The van der Waals surface area contributed by atoms with Gasteiger partial charge in [-0.05, 0) is 48.2 Å². The summed E-state index contributed by atoms with van der Waals surface area (Å²) < 4.78 is 12.9. The van der Waals surface area contributed by atoms with E-state index in [1.54, 1.807) is 12.1 Å². The first-order chi connectivity index (χ1) is 12.9. The lowest BCUT2D eigenvalue weighted by Crippen LogP contribution is -2.42. The van der Waals surface area contributed by atoms with Crippen LogP contribution in [0.15, 0.2) is 42.5 Å². The third-order valence-corrected chi connectivity index (χ3v) is 5.61. The molecule has 2 aromatic carbocycles. The molecule has 6 heteroatoms. The summed E-state index contributed by atoms with van der Waals surface area (Å²) in [6.07, 6.45) is 0.184. The van der Waals surface area contributed by atoms with E-state index in [1.807, 2.05) is 6.07 Å². The third kappa shape index (κ3) is 5.01. The molecule has 1 aliphatic heterocycles. The highest BCUT2D eigenvalue weighted by molar-refractivity contribution is 6.42. The molecular weight excluding hydrogens is 388 g/mol. The van der Waals surface area contributed by atoms with Gasteiger partial charge in [-0.15, -0.1) is 0 Å². The van der Waals surface area contributed by atoms with E-state index in [0.717, 1.165) is 5.56 Å². The summed E-state index contributed by atoms with van der Waals surface area (Å²) in [6.45, 7) is 1.85. The van der Waals surface area contributed by atoms with Crippen LogP contribution in [0.25, 0.3) is 0 Å². The monoisotopic (exact) mass is 407 g/mol. The number of likely N-dealkylation sites (tertiary alicyclic amines) is 1. The van der Waals surface area contributed by atoms with Crippen molar-refractivity contribution in [3.05, 3.63) is 69.5 Å². The second-order valence-corrected chi connectivity index (χ2v) is 7.53. The normalized spacial score (nSPS) is 17.8. The van der Waals surface area contributed by atoms with Crippen LogP contribution in [0.3, 0.4) is 0 Å². The van der Waals surface area contributed by atoms with Crippen molar-refractivity contribution < 1.29 is 14.6 Å². The number of hydrogen-bond donors (Lipinski definition) is 2. The Balaban J connectivity index is 1.55. The highest BCUT2D eigenvalue weighted by Crippen LogP contribution is 2.35. The Hall–Kier alpha value is -1.61. The fraction of sp³-hybridized carbons (Fsp3) is 0.333. The molecule has 0 saturated carbocycles. The van der Waals surface area contributed by atoms with E-state index in [2.05, 4.69) is 16.7 Å². The molecule has 0 radical (unpaired) electrons. The Morgan fingerprint density at radius 1 is 1.07 bits per heavy atom. The Kier molecular flexibility index (Phi) is 6.41. The summed E-state index contributed by atoms with van der Waals surface area (Å²) in [6, 6.07) is 10.9. The van der Waals surface area contributed by atoms with Crippen molar-refractivity contribution >= 4 is 23.2 Å². The van der Waals surface area contributed by atoms with Gasteiger partial charge in [0, 0.05) is 13.1 Å². The van der Waals surface area contributed by atoms with Crippen molar-refractivity contribution in [2.45, 2.75) is 24.5 Å². The second kappa shape index (κ2) is 8.60. The van der Waals surface area contributed by atoms with Crippen molar-refractivity contribution in [3.8, 4) is 11.8 Å². The van der Waals surface area contributed by atoms with E-state index >= 15 is 0 Å². The predicted molar refractivity (Wildman–Crippen MR) is 105 cm³/mol. The smallest absolute Gasteiger partial charge is 0.140 e. The summed E-state index contributed by atoms with van der Waals surface area (Å²) >= 11 is 12.0. The fourth-order valence-electron chi connectivity index (χ4n) is 3.14. The largest absolute Gasteiger partial charge is 0.385 e. The number of nitrogens with zero attached hydrogens (tertiary/aromatic N) is 1. The minimum Gasteiger partial charge on any atom is -0.385 e. The number of aliphatic hydroxyl groups excluding tert-OH is 1. The van der Waals surface area contributed by atoms with Crippen molar-refractivity contribution in [2.75, 3.05) is 19.6 Å². The number of halogens is 3. The topological polar surface area (TPSA) is 43.7 Å². The molecule has 1 saturated heterocycles. The minimum atomic E-state index is -0.941. The fourth-order valence-corrected chi connectivity index (χ4v) is 3.44. The Labute approximate surface area is 168 Å². The van der Waals surface area contributed by atoms with Crippen molar-refractivity contribution in [1.29, 1.82) is 0 Å². The van der Waals surface area contributed by atoms with Gasteiger partial charge in [-0.2, -0.15) is 0 Å². The molecule has 1 aliphatic rings. The van der Waals surface area contributed by atoms with Gasteiger partial charge in [0.2, 0.25) is 0 Å². The molecule has 1 atom stereocenters. The Morgan fingerprint density at radius 2 is 1.74 bits per heavy atom. The average Bonchev–Trinajstić information content (AvgIpc) is 2.66. The molecule has 0 aliphatic carbocycles. The second-order valence-electron chi connectivity index (χ2n) is 6.71. The molecule has 2 aromatic rings. The molecule has 142 valence electrons. The van der Waals surface area contributed by atoms with Gasteiger partial charge >= 0.3 is 0 Å². The maximum atomic E-state index is 12.9. The Bertz CT molecular complexity index is 853. The quantitative estimate of drug-likeness (QED) is 0.750. The van der Waals surface area contributed by atoms with Crippen LogP contribution in [0.4, 0.5) is 4.39 Å². The summed E-state index contributed by atoms with van der Waals surface area (Å²) in [5.74, 6) is 5.40. The highest BCUT2D eigenvalue weighted by Gasteiger charge is 2.34. The van der Waals surface area contributed by atoms with E-state index in [-0.39, 0.29) is 5.82 Å². The first-order valence-corrected chi connectivity index (χ1v) is 9.45. The van der Waals surface area contributed by atoms with Crippen molar-refractivity contribution in [1.82, 2.24) is 4.90 Å². The van der Waals surface area contributed by atoms with Crippen LogP contribution < -0.4 is 0 Å². The van der Waals surface area contributed by atoms with Gasteiger partial charge < -0.3 is 10.2 Å². The van der Waals surface area contributed by atoms with E-state index < -0.39 is 11.7 Å². The van der Waals surface area contributed by atoms with Gasteiger partial charge in [0.05, 0.1) is 22.2 Å². The molecule has 1 fully saturated rings. The van der Waals surface area contributed by atoms with Gasteiger partial charge in [0.25, 0.3) is 0 Å². The lowest BCUT2D eigenvalue weighted by Gasteiger charge is -2.38. The molecule has 3 nitrogen and oxygen atoms in total. The predicted octanol–water partition coefficient (Wildman–Crippen LogP) is 4.15. The van der Waals surface area contributed by atoms with Crippen LogP contribution in [0, 0.1) is 17.7 Å². The number of hydrogen-bond acceptors (Lipinski definition) is 3. The van der Waals surface area contributed by atoms with Crippen molar-refractivity contribution in [3.63, 3.8) is 0 Å². The highest BCUT2D eigenvalue weighted by atomic mass is 35.5. The molecule has 0 amide bonds. The number of rotatable bonds is 3. The molecule has 0 aromatic heterocycles. The first-order valence-electron chi connectivity index (χ1n) is 8.69. The van der Waals surface area contributed by atoms with E-state index in [0.29, 0.717) is 48.1 Å². The lowest BCUT2D eigenvalue weighted by molar-refractivity contribution is -0.0230. The zero-order valence-electron chi connectivity index (χ0n) is 14.6. The van der Waals surface area contributed by atoms with Crippen LogP contribution in [0.5, 0.6) is 0 Å². The van der Waals surface area contributed by atoms with Crippen LogP contribution in [0.1, 0.15) is 30.1 Å². The van der Waals surface area contributed by atoms with Crippen LogP contribution >= 0.6 is 23.2 Å². The van der Waals surface area contributed by atoms with E-state index in [1.165, 1.54) is 24.3 Å². The number of piperidine rings is 1. The maximum absolute atomic E-state index is 12.9. The van der Waals surface area contributed by atoms with Gasteiger partial charge in [-0.25, -0.2) is 4.39 Å². The van der Waals surface area contributed by atoms with Gasteiger partial charge in [0.1, 0.15) is 11.9 Å². The summed E-state index contributed by atoms with van der Waals surface area (Å²) in [5, 5.41) is 21.9. The van der Waals surface area contributed by atoms with Crippen LogP contribution in [-0.4, -0.2) is 34.7 Å². The number of aliphatic hydroxyl groups is 2. The zero-order valence-corrected chi connectivity index (χ0v) is 16.1. The SMILES string of the molecule is OC(C#CCN1CCC(O)(c2ccc(Cl)c(Cl)c2)CC1)c1ccc(F)cc1. The Morgan fingerprint density at radius 3 is 2.37 bits per heavy atom. The molecule has 1 heterocycles. The van der Waals surface area contributed by atoms with Crippen LogP contribution in [-0.2, 0) is 5.60 Å². The minimum absolute atomic E-state index is 0.346. The van der Waals surface area contributed by atoms with Gasteiger partial charge in [-0.1, -0.05) is 53.2 Å². The summed E-state index contributed by atoms with van der Waals surface area (Å²) in [5.41, 5.74) is 0.414. The average molecular weight is 408 g/mol. The van der Waals surface area contributed by atoms with Gasteiger partial charge in [0.15, 0.2) is 0 Å². The van der Waals surface area contributed by atoms with Crippen molar-refractivity contribution in [2.24, 2.45) is 0 Å². The molecule has 0 spiro atoms. The summed E-state index contributed by atoms with van der Waals surface area (Å²) in [7, 11) is 0. The van der Waals surface area contributed by atoms with Gasteiger partial charge in [-0.3, -0.25) is 4.90 Å². The first kappa shape index (κ1) is 20.1. The third-order valence-electron chi connectivity index (χ3n) is 4.87. The number of benzene rings is 2.